The van der Waals surface area contributed by atoms with Gasteiger partial charge >= 0.3 is 0 Å². The third-order valence-electron chi connectivity index (χ3n) is 7.37. The van der Waals surface area contributed by atoms with Crippen molar-refractivity contribution in [2.75, 3.05) is 11.5 Å². The van der Waals surface area contributed by atoms with E-state index in [1.54, 1.807) is 18.3 Å². The first-order valence-electron chi connectivity index (χ1n) is 12.6. The van der Waals surface area contributed by atoms with Crippen LogP contribution in [0, 0.1) is 11.7 Å². The van der Waals surface area contributed by atoms with E-state index in [9.17, 15) is 4.39 Å². The Bertz CT molecular complexity index is 1560. The number of nitrogens with zero attached hydrogens (tertiary/aromatic N) is 2. The molecule has 0 aliphatic carbocycles. The fourth-order valence-corrected chi connectivity index (χ4v) is 5.20. The largest absolute Gasteiger partial charge is 0.487 e. The van der Waals surface area contributed by atoms with Crippen LogP contribution in [0.1, 0.15) is 33.3 Å². The van der Waals surface area contributed by atoms with E-state index in [2.05, 4.69) is 43.7 Å². The maximum Gasteiger partial charge on any atom is 0.129 e. The molecule has 5 rings (SSSR count). The molecule has 0 N–H and O–H groups in total. The van der Waals surface area contributed by atoms with Gasteiger partial charge < -0.3 is 9.64 Å². The second kappa shape index (κ2) is 10.4. The third-order valence-corrected chi connectivity index (χ3v) is 8.11. The van der Waals surface area contributed by atoms with Crippen LogP contribution in [0.15, 0.2) is 102 Å². The Morgan fingerprint density at radius 2 is 1.74 bits per heavy atom. The number of allylic oxidation sites excluding steroid dienone is 3. The van der Waals surface area contributed by atoms with Crippen molar-refractivity contribution in [1.29, 1.82) is 0 Å². The Kier molecular flexibility index (Phi) is 7.21. The summed E-state index contributed by atoms with van der Waals surface area (Å²) >= 11 is 12.7. The molecule has 0 amide bonds. The van der Waals surface area contributed by atoms with Gasteiger partial charge in [-0.2, -0.15) is 0 Å². The molecule has 1 atom stereocenters. The second-order valence-electron chi connectivity index (χ2n) is 10.2. The number of fused-ring (bicyclic) bond motifs is 1. The first kappa shape index (κ1) is 26.3. The van der Waals surface area contributed by atoms with E-state index in [0.29, 0.717) is 16.7 Å². The summed E-state index contributed by atoms with van der Waals surface area (Å²) in [6.45, 7) is 8.98. The Balaban J connectivity index is 1.57. The highest BCUT2D eigenvalue weighted by Crippen LogP contribution is 2.44. The summed E-state index contributed by atoms with van der Waals surface area (Å²) in [5, 5.41) is 2.04. The molecule has 0 radical (unpaired) electrons. The minimum Gasteiger partial charge on any atom is -0.487 e. The molecule has 2 heterocycles. The molecule has 38 heavy (non-hydrogen) atoms. The lowest BCUT2D eigenvalue weighted by Crippen LogP contribution is -2.39. The number of benzene rings is 3. The molecule has 194 valence electrons. The van der Waals surface area contributed by atoms with E-state index in [1.807, 2.05) is 48.5 Å². The number of halogens is 3. The van der Waals surface area contributed by atoms with Gasteiger partial charge in [-0.05, 0) is 84.6 Å². The van der Waals surface area contributed by atoms with Gasteiger partial charge in [-0.15, -0.1) is 0 Å². The lowest BCUT2D eigenvalue weighted by Gasteiger charge is -2.43. The van der Waals surface area contributed by atoms with Crippen molar-refractivity contribution in [2.45, 2.75) is 33.1 Å². The van der Waals surface area contributed by atoms with Crippen molar-refractivity contribution in [3.63, 3.8) is 0 Å². The summed E-state index contributed by atoms with van der Waals surface area (Å²) in [5.41, 5.74) is 5.62. The predicted octanol–water partition coefficient (Wildman–Crippen LogP) is 9.35. The molecule has 1 unspecified atom stereocenters. The van der Waals surface area contributed by atoms with E-state index in [4.69, 9.17) is 27.9 Å². The average Bonchev–Trinajstić information content (AvgIpc) is 2.91. The van der Waals surface area contributed by atoms with Crippen molar-refractivity contribution in [3.8, 4) is 5.75 Å². The van der Waals surface area contributed by atoms with Crippen molar-refractivity contribution >= 4 is 39.8 Å². The standard InChI is InChI=1S/C32H29Cl2FN2O/c1-20-16-31(32(3,4)23-7-13-27(33)28(34)18-23)37(25-10-8-24(35)9-11-25)30(21(20)2)19-38-26-12-14-29-22(17-26)6-5-15-36-29/h5-18,20H,19H2,1-4H3. The zero-order chi connectivity index (χ0) is 27.0. The molecule has 6 heteroatoms. The minimum absolute atomic E-state index is 0.170. The molecule has 0 fully saturated rings. The number of ether oxygens (including phenoxy) is 1. The van der Waals surface area contributed by atoms with Gasteiger partial charge in [0.1, 0.15) is 18.2 Å². The first-order valence-corrected chi connectivity index (χ1v) is 13.3. The zero-order valence-corrected chi connectivity index (χ0v) is 23.3. The normalized spacial score (nSPS) is 16.1. The van der Waals surface area contributed by atoms with Crippen molar-refractivity contribution in [3.05, 3.63) is 123 Å². The number of aromatic nitrogens is 1. The quantitative estimate of drug-likeness (QED) is 0.241. The Hall–Kier alpha value is -3.34. The zero-order valence-electron chi connectivity index (χ0n) is 21.8. The van der Waals surface area contributed by atoms with Gasteiger partial charge in [0.05, 0.1) is 21.3 Å². The molecule has 3 aromatic carbocycles. The molecule has 1 aliphatic heterocycles. The summed E-state index contributed by atoms with van der Waals surface area (Å²) in [6.07, 6.45) is 4.05. The molecule has 0 bridgehead atoms. The molecular weight excluding hydrogens is 518 g/mol. The second-order valence-corrected chi connectivity index (χ2v) is 11.0. The molecule has 0 saturated carbocycles. The summed E-state index contributed by atoms with van der Waals surface area (Å²) in [5.74, 6) is 0.650. The number of rotatable bonds is 6. The van der Waals surface area contributed by atoms with Crippen molar-refractivity contribution < 1.29 is 9.13 Å². The first-order chi connectivity index (χ1) is 18.1. The molecule has 1 aliphatic rings. The van der Waals surface area contributed by atoms with Gasteiger partial charge in [0, 0.05) is 28.4 Å². The Morgan fingerprint density at radius 3 is 2.47 bits per heavy atom. The maximum atomic E-state index is 14.0. The molecule has 1 aromatic heterocycles. The Morgan fingerprint density at radius 1 is 0.974 bits per heavy atom. The molecule has 0 spiro atoms. The molecule has 4 aromatic rings. The lowest BCUT2D eigenvalue weighted by atomic mass is 9.77. The highest BCUT2D eigenvalue weighted by molar-refractivity contribution is 6.42. The van der Waals surface area contributed by atoms with Gasteiger partial charge in [-0.25, -0.2) is 4.39 Å². The van der Waals surface area contributed by atoms with Crippen LogP contribution < -0.4 is 9.64 Å². The number of pyridine rings is 1. The van der Waals surface area contributed by atoms with Crippen LogP contribution in [0.3, 0.4) is 0 Å². The van der Waals surface area contributed by atoms with Crippen molar-refractivity contribution in [2.24, 2.45) is 5.92 Å². The van der Waals surface area contributed by atoms with Crippen molar-refractivity contribution in [1.82, 2.24) is 4.98 Å². The smallest absolute Gasteiger partial charge is 0.129 e. The highest BCUT2D eigenvalue weighted by Gasteiger charge is 2.36. The SMILES string of the molecule is CC1=C(COc2ccc3ncccc3c2)N(c2ccc(F)cc2)C(C(C)(C)c2ccc(Cl)c(Cl)c2)=CC1C. The fraction of sp³-hybridized carbons (Fsp3) is 0.219. The molecule has 3 nitrogen and oxygen atoms in total. The van der Waals surface area contributed by atoms with E-state index in [-0.39, 0.29) is 11.7 Å². The van der Waals surface area contributed by atoms with E-state index < -0.39 is 5.41 Å². The number of hydrogen-bond donors (Lipinski definition) is 0. The van der Waals surface area contributed by atoms with Gasteiger partial charge in [0.15, 0.2) is 0 Å². The molecular formula is C32H29Cl2FN2O. The average molecular weight is 548 g/mol. The van der Waals surface area contributed by atoms with Crippen LogP contribution in [-0.2, 0) is 5.41 Å². The monoisotopic (exact) mass is 546 g/mol. The van der Waals surface area contributed by atoms with Crippen LogP contribution in [0.2, 0.25) is 10.0 Å². The van der Waals surface area contributed by atoms with Crippen LogP contribution >= 0.6 is 23.2 Å². The van der Waals surface area contributed by atoms with Gasteiger partial charge in [0.2, 0.25) is 0 Å². The molecule has 0 saturated heterocycles. The van der Waals surface area contributed by atoms with Crippen LogP contribution in [0.5, 0.6) is 5.75 Å². The Labute approximate surface area is 233 Å². The summed E-state index contributed by atoms with van der Waals surface area (Å²) in [4.78, 5) is 6.60. The third kappa shape index (κ3) is 5.03. The predicted molar refractivity (Wildman–Crippen MR) is 156 cm³/mol. The van der Waals surface area contributed by atoms with Gasteiger partial charge in [0.25, 0.3) is 0 Å². The maximum absolute atomic E-state index is 14.0. The highest BCUT2D eigenvalue weighted by atomic mass is 35.5. The van der Waals surface area contributed by atoms with Crippen LogP contribution in [0.4, 0.5) is 10.1 Å². The van der Waals surface area contributed by atoms with E-state index >= 15 is 0 Å². The van der Waals surface area contributed by atoms with Crippen LogP contribution in [-0.4, -0.2) is 11.6 Å². The summed E-state index contributed by atoms with van der Waals surface area (Å²) in [6, 6.07) is 22.2. The number of hydrogen-bond acceptors (Lipinski definition) is 3. The summed E-state index contributed by atoms with van der Waals surface area (Å²) < 4.78 is 20.3. The minimum atomic E-state index is -0.447. The van der Waals surface area contributed by atoms with Gasteiger partial charge in [-0.3, -0.25) is 4.98 Å². The lowest BCUT2D eigenvalue weighted by molar-refractivity contribution is 0.344. The topological polar surface area (TPSA) is 25.4 Å². The van der Waals surface area contributed by atoms with E-state index in [0.717, 1.165) is 39.3 Å². The fourth-order valence-electron chi connectivity index (χ4n) is 4.90. The van der Waals surface area contributed by atoms with Crippen LogP contribution in [0.25, 0.3) is 10.9 Å². The van der Waals surface area contributed by atoms with E-state index in [1.165, 1.54) is 17.7 Å². The number of anilines is 1. The van der Waals surface area contributed by atoms with Gasteiger partial charge in [-0.1, -0.05) is 62.2 Å². The summed E-state index contributed by atoms with van der Waals surface area (Å²) in [7, 11) is 0.